The van der Waals surface area contributed by atoms with Crippen molar-refractivity contribution in [2.45, 2.75) is 0 Å². The van der Waals surface area contributed by atoms with Gasteiger partial charge in [0.15, 0.2) is 0 Å². The number of benzene rings is 1. The van der Waals surface area contributed by atoms with E-state index in [-0.39, 0.29) is 6.61 Å². The minimum atomic E-state index is 0.0265. The van der Waals surface area contributed by atoms with Crippen molar-refractivity contribution in [2.75, 3.05) is 12.3 Å². The van der Waals surface area contributed by atoms with Crippen LogP contribution in [-0.4, -0.2) is 16.7 Å². The molecule has 0 fully saturated rings. The summed E-state index contributed by atoms with van der Waals surface area (Å²) in [5, 5.41) is 10.7. The summed E-state index contributed by atoms with van der Waals surface area (Å²) in [5.41, 5.74) is 6.74. The molecule has 15 heavy (non-hydrogen) atoms. The largest absolute Gasteiger partial charge is 0.392 e. The van der Waals surface area contributed by atoms with Gasteiger partial charge in [-0.05, 0) is 5.39 Å². The fourth-order valence-electron chi connectivity index (χ4n) is 1.55. The standard InChI is InChI=1S/C12H12N2O/c13-12-11-6-2-1-5-10(11)9(8-14-12)4-3-7-15/h1-6,8,15H,7H2,(H2,13,14). The van der Waals surface area contributed by atoms with E-state index in [1.165, 1.54) is 0 Å². The molecule has 0 spiro atoms. The molecular formula is C12H12N2O. The van der Waals surface area contributed by atoms with Crippen LogP contribution >= 0.6 is 0 Å². The molecule has 0 radical (unpaired) electrons. The van der Waals surface area contributed by atoms with Crippen molar-refractivity contribution in [3.63, 3.8) is 0 Å². The Kier molecular flexibility index (Phi) is 2.65. The molecule has 2 aromatic rings. The molecule has 1 aromatic heterocycles. The minimum absolute atomic E-state index is 0.0265. The molecule has 0 amide bonds. The Balaban J connectivity index is 2.66. The van der Waals surface area contributed by atoms with Crippen LogP contribution < -0.4 is 5.73 Å². The highest BCUT2D eigenvalue weighted by atomic mass is 16.2. The van der Waals surface area contributed by atoms with Crippen molar-refractivity contribution >= 4 is 22.7 Å². The number of hydrogen-bond donors (Lipinski definition) is 2. The number of fused-ring (bicyclic) bond motifs is 1. The number of pyridine rings is 1. The van der Waals surface area contributed by atoms with Crippen molar-refractivity contribution in [3.05, 3.63) is 42.1 Å². The number of rotatable bonds is 2. The number of aliphatic hydroxyl groups is 1. The van der Waals surface area contributed by atoms with Gasteiger partial charge in [-0.3, -0.25) is 0 Å². The van der Waals surface area contributed by atoms with Gasteiger partial charge in [0.2, 0.25) is 0 Å². The van der Waals surface area contributed by atoms with Gasteiger partial charge >= 0.3 is 0 Å². The van der Waals surface area contributed by atoms with E-state index in [1.807, 2.05) is 30.3 Å². The van der Waals surface area contributed by atoms with E-state index >= 15 is 0 Å². The average molecular weight is 200 g/mol. The van der Waals surface area contributed by atoms with Crippen LogP contribution in [0.4, 0.5) is 5.82 Å². The molecule has 0 saturated heterocycles. The Labute approximate surface area is 87.9 Å². The lowest BCUT2D eigenvalue weighted by Crippen LogP contribution is -1.92. The molecule has 1 aromatic carbocycles. The lowest BCUT2D eigenvalue weighted by Gasteiger charge is -2.03. The number of anilines is 1. The van der Waals surface area contributed by atoms with Gasteiger partial charge in [-0.1, -0.05) is 36.4 Å². The van der Waals surface area contributed by atoms with Crippen molar-refractivity contribution in [3.8, 4) is 0 Å². The lowest BCUT2D eigenvalue weighted by atomic mass is 10.1. The number of aromatic nitrogens is 1. The van der Waals surface area contributed by atoms with E-state index in [0.29, 0.717) is 5.82 Å². The Morgan fingerprint density at radius 1 is 1.27 bits per heavy atom. The predicted octanol–water partition coefficient (Wildman–Crippen LogP) is 1.82. The second-order valence-electron chi connectivity index (χ2n) is 3.23. The molecule has 76 valence electrons. The van der Waals surface area contributed by atoms with E-state index < -0.39 is 0 Å². The monoisotopic (exact) mass is 200 g/mol. The fourth-order valence-corrected chi connectivity index (χ4v) is 1.55. The summed E-state index contributed by atoms with van der Waals surface area (Å²) in [6.45, 7) is 0.0265. The molecule has 3 nitrogen and oxygen atoms in total. The van der Waals surface area contributed by atoms with E-state index in [2.05, 4.69) is 4.98 Å². The number of nitrogen functional groups attached to an aromatic ring is 1. The van der Waals surface area contributed by atoms with E-state index in [0.717, 1.165) is 16.3 Å². The maximum absolute atomic E-state index is 8.72. The summed E-state index contributed by atoms with van der Waals surface area (Å²) >= 11 is 0. The molecule has 2 rings (SSSR count). The van der Waals surface area contributed by atoms with Crippen molar-refractivity contribution in [2.24, 2.45) is 0 Å². The number of nitrogens with two attached hydrogens (primary N) is 1. The van der Waals surface area contributed by atoms with Crippen LogP contribution in [0.3, 0.4) is 0 Å². The van der Waals surface area contributed by atoms with Gasteiger partial charge < -0.3 is 10.8 Å². The van der Waals surface area contributed by atoms with Crippen LogP contribution in [0.25, 0.3) is 16.8 Å². The van der Waals surface area contributed by atoms with Crippen LogP contribution in [0.2, 0.25) is 0 Å². The highest BCUT2D eigenvalue weighted by molar-refractivity contribution is 5.96. The zero-order valence-corrected chi connectivity index (χ0v) is 8.22. The number of aliphatic hydroxyl groups excluding tert-OH is 1. The fraction of sp³-hybridized carbons (Fsp3) is 0.0833. The van der Waals surface area contributed by atoms with E-state index in [1.54, 1.807) is 12.3 Å². The molecule has 3 N–H and O–H groups in total. The second kappa shape index (κ2) is 4.11. The van der Waals surface area contributed by atoms with Gasteiger partial charge in [0.05, 0.1) is 6.61 Å². The normalized spacial score (nSPS) is 11.3. The highest BCUT2D eigenvalue weighted by Crippen LogP contribution is 2.22. The average Bonchev–Trinajstić information content (AvgIpc) is 2.29. The third kappa shape index (κ3) is 1.82. The topological polar surface area (TPSA) is 59.1 Å². The maximum Gasteiger partial charge on any atom is 0.131 e. The minimum Gasteiger partial charge on any atom is -0.392 e. The van der Waals surface area contributed by atoms with Crippen LogP contribution in [0.5, 0.6) is 0 Å². The van der Waals surface area contributed by atoms with Crippen molar-refractivity contribution in [1.29, 1.82) is 0 Å². The van der Waals surface area contributed by atoms with E-state index in [9.17, 15) is 0 Å². The van der Waals surface area contributed by atoms with Gasteiger partial charge in [0.1, 0.15) is 5.82 Å². The first-order valence-corrected chi connectivity index (χ1v) is 4.73. The quantitative estimate of drug-likeness (QED) is 0.777. The first kappa shape index (κ1) is 9.68. The highest BCUT2D eigenvalue weighted by Gasteiger charge is 2.01. The lowest BCUT2D eigenvalue weighted by molar-refractivity contribution is 0.343. The molecule has 0 aliphatic heterocycles. The molecule has 1 heterocycles. The van der Waals surface area contributed by atoms with Gasteiger partial charge in [-0.2, -0.15) is 0 Å². The number of hydrogen-bond acceptors (Lipinski definition) is 3. The van der Waals surface area contributed by atoms with Crippen LogP contribution in [0.15, 0.2) is 36.5 Å². The summed E-state index contributed by atoms with van der Waals surface area (Å²) in [6, 6.07) is 7.82. The molecular weight excluding hydrogens is 188 g/mol. The van der Waals surface area contributed by atoms with Crippen molar-refractivity contribution in [1.82, 2.24) is 4.98 Å². The van der Waals surface area contributed by atoms with Crippen molar-refractivity contribution < 1.29 is 5.11 Å². The van der Waals surface area contributed by atoms with Gasteiger partial charge in [0, 0.05) is 17.1 Å². The Morgan fingerprint density at radius 2 is 2.00 bits per heavy atom. The third-order valence-electron chi connectivity index (χ3n) is 2.26. The van der Waals surface area contributed by atoms with Gasteiger partial charge in [-0.25, -0.2) is 4.98 Å². The molecule has 3 heteroatoms. The summed E-state index contributed by atoms with van der Waals surface area (Å²) in [6.07, 6.45) is 5.23. The summed E-state index contributed by atoms with van der Waals surface area (Å²) in [4.78, 5) is 4.11. The van der Waals surface area contributed by atoms with Crippen LogP contribution in [-0.2, 0) is 0 Å². The Bertz CT molecular complexity index is 506. The Morgan fingerprint density at radius 3 is 2.73 bits per heavy atom. The summed E-state index contributed by atoms with van der Waals surface area (Å²) in [5.74, 6) is 0.534. The smallest absolute Gasteiger partial charge is 0.131 e. The summed E-state index contributed by atoms with van der Waals surface area (Å²) in [7, 11) is 0. The first-order chi connectivity index (χ1) is 7.33. The molecule has 0 bridgehead atoms. The molecule has 0 unspecified atom stereocenters. The summed E-state index contributed by atoms with van der Waals surface area (Å²) < 4.78 is 0. The first-order valence-electron chi connectivity index (χ1n) is 4.73. The third-order valence-corrected chi connectivity index (χ3v) is 2.26. The molecule has 0 atom stereocenters. The van der Waals surface area contributed by atoms with Crippen LogP contribution in [0, 0.1) is 0 Å². The predicted molar refractivity (Wildman–Crippen MR) is 62.3 cm³/mol. The van der Waals surface area contributed by atoms with Gasteiger partial charge in [0.25, 0.3) is 0 Å². The molecule has 0 aliphatic rings. The zero-order valence-electron chi connectivity index (χ0n) is 8.22. The van der Waals surface area contributed by atoms with Gasteiger partial charge in [-0.15, -0.1) is 0 Å². The molecule has 0 saturated carbocycles. The zero-order chi connectivity index (χ0) is 10.7. The molecule has 0 aliphatic carbocycles. The number of nitrogens with zero attached hydrogens (tertiary/aromatic N) is 1. The van der Waals surface area contributed by atoms with Crippen LogP contribution in [0.1, 0.15) is 5.56 Å². The van der Waals surface area contributed by atoms with E-state index in [4.69, 9.17) is 10.8 Å². The second-order valence-corrected chi connectivity index (χ2v) is 3.23. The maximum atomic E-state index is 8.72. The Hall–Kier alpha value is -1.87. The SMILES string of the molecule is Nc1ncc(C=CCO)c2ccccc12.